The summed E-state index contributed by atoms with van der Waals surface area (Å²) in [5.74, 6) is -0.862. The van der Waals surface area contributed by atoms with Crippen molar-refractivity contribution in [1.29, 1.82) is 0 Å². The summed E-state index contributed by atoms with van der Waals surface area (Å²) in [5, 5.41) is 21.3. The van der Waals surface area contributed by atoms with Gasteiger partial charge in [0, 0.05) is 121 Å². The molecule has 0 unspecified atom stereocenters. The van der Waals surface area contributed by atoms with Crippen LogP contribution in [0.5, 0.6) is 0 Å². The first-order chi connectivity index (χ1) is 50.7. The van der Waals surface area contributed by atoms with E-state index in [-0.39, 0.29) is 191 Å². The minimum atomic E-state index is -0.427. The number of hydrogen-bond donors (Lipinski definition) is 8. The van der Waals surface area contributed by atoms with Crippen molar-refractivity contribution in [2.75, 3.05) is 297 Å². The fourth-order valence-corrected chi connectivity index (χ4v) is 7.77. The molecule has 113 heavy (non-hydrogen) atoms. The van der Waals surface area contributed by atoms with Crippen LogP contribution in [0.2, 0.25) is 0 Å². The Kier molecular flexibility index (Phi) is 113. The molecule has 0 aliphatic rings. The average Bonchev–Trinajstić information content (AvgIpc) is 0.952. The second-order valence-corrected chi connectivity index (χ2v) is 23.1. The Labute approximate surface area is 680 Å². The molecule has 0 spiro atoms. The lowest BCUT2D eigenvalue weighted by Crippen LogP contribution is -2.36. The van der Waals surface area contributed by atoms with E-state index in [1.54, 1.807) is 7.11 Å². The molecule has 0 aromatic carbocycles. The number of ether oxygens (including phenoxy) is 21. The van der Waals surface area contributed by atoms with Gasteiger partial charge in [0.25, 0.3) is 0 Å². The molecule has 0 aliphatic carbocycles. The molecule has 0 atom stereocenters. The molecule has 0 heterocycles. The largest absolute Gasteiger partial charge is 0.377 e. The molecule has 0 radical (unpaired) electrons. The molecule has 37 nitrogen and oxygen atoms in total. The van der Waals surface area contributed by atoms with Crippen molar-refractivity contribution in [3.63, 3.8) is 0 Å². The van der Waals surface area contributed by atoms with Crippen LogP contribution in [-0.4, -0.2) is 375 Å². The Morgan fingerprint density at radius 2 is 0.327 bits per heavy atom. The maximum Gasteiger partial charge on any atom is 0.216 e. The van der Waals surface area contributed by atoms with E-state index in [4.69, 9.17) is 99.5 Å². The summed E-state index contributed by atoms with van der Waals surface area (Å²) in [6.45, 7) is 29.0. The lowest BCUT2D eigenvalue weighted by atomic mass is 10.2. The van der Waals surface area contributed by atoms with Crippen molar-refractivity contribution in [2.45, 2.75) is 152 Å². The highest BCUT2D eigenvalue weighted by Gasteiger charge is 2.20. The van der Waals surface area contributed by atoms with E-state index in [0.29, 0.717) is 224 Å². The van der Waals surface area contributed by atoms with Crippen LogP contribution in [-0.2, 0) is 138 Å². The molecule has 682 valence electrons. The van der Waals surface area contributed by atoms with Gasteiger partial charge in [0.1, 0.15) is 30.5 Å². The normalized spacial score (nSPS) is 10.6. The van der Waals surface area contributed by atoms with Crippen LogP contribution in [0.25, 0.3) is 0 Å². The van der Waals surface area contributed by atoms with Gasteiger partial charge in [0.2, 0.25) is 47.3 Å². The molecule has 0 saturated heterocycles. The van der Waals surface area contributed by atoms with Gasteiger partial charge in [-0.05, 0) is 0 Å². The Hall–Kier alpha value is -5.08. The van der Waals surface area contributed by atoms with Gasteiger partial charge in [-0.3, -0.25) is 38.4 Å². The van der Waals surface area contributed by atoms with Crippen molar-refractivity contribution < 1.29 is 138 Å². The maximum absolute atomic E-state index is 11.0. The van der Waals surface area contributed by atoms with Crippen LogP contribution < -0.4 is 42.5 Å². The number of carbonyl (C=O) groups is 8. The molecule has 0 fully saturated rings. The van der Waals surface area contributed by atoms with Crippen LogP contribution in [0.4, 0.5) is 0 Å². The van der Waals surface area contributed by atoms with Crippen molar-refractivity contribution in [3.8, 4) is 0 Å². The first-order valence-corrected chi connectivity index (χ1v) is 35.9. The summed E-state index contributed by atoms with van der Waals surface area (Å²) < 4.78 is 120. The van der Waals surface area contributed by atoms with Crippen LogP contribution in [0, 0.1) is 5.92 Å². The third kappa shape index (κ3) is 107. The summed E-state index contributed by atoms with van der Waals surface area (Å²) >= 11 is 0. The number of amides is 8. The van der Waals surface area contributed by atoms with Crippen LogP contribution in [0.15, 0.2) is 0 Å². The van der Waals surface area contributed by atoms with Crippen LogP contribution in [0.3, 0.4) is 0 Å². The Bertz CT molecular complexity index is 1820. The van der Waals surface area contributed by atoms with E-state index in [1.807, 2.05) is 6.92 Å². The standard InChI is InChI=1S/C34H66N4O15.C34H66N4O14.8CH4/c1-28(39)35-6-10-44-14-18-48-22-33(23-49-19-15-45-11-7-36-29(2)40)52-26-32(43-5)27-53-34(24-50-20-16-46-12-8-37-30(3)41)25-51-21-17-47-13-9-38-31(4)42;1-28(22-51-33(24-47-18-14-43-10-6-35-29(2)39)25-48-19-15-44-11-7-36-30(3)40)23-52-34(26-49-20-16-45-12-8-37-31(4)41)27-50-21-17-46-13-9-38-32(5)42;;;;;;;;/h32-34H,6-27H2,1-5H3,(H,35,39)(H,36,40)(H,37,41)(H,38,42);28,33-34H,6-27H2,1-5H3,(H,35,39)(H,36,40)(H,37,41)(H,38,42);8*1H4. The van der Waals surface area contributed by atoms with Gasteiger partial charge in [-0.1, -0.05) is 66.3 Å². The minimum Gasteiger partial charge on any atom is -0.377 e. The van der Waals surface area contributed by atoms with Gasteiger partial charge in [-0.15, -0.1) is 0 Å². The fraction of sp³-hybridized carbons (Fsp3) is 0.895. The third-order valence-electron chi connectivity index (χ3n) is 13.0. The fourth-order valence-electron chi connectivity index (χ4n) is 7.77. The first kappa shape index (κ1) is 129. The van der Waals surface area contributed by atoms with Gasteiger partial charge < -0.3 is 142 Å². The highest BCUT2D eigenvalue weighted by molar-refractivity contribution is 5.74. The highest BCUT2D eigenvalue weighted by atomic mass is 16.6. The quantitative estimate of drug-likeness (QED) is 0.0406. The summed E-state index contributed by atoms with van der Waals surface area (Å²) in [5.41, 5.74) is 0. The Balaban J connectivity index is -0.000000219. The van der Waals surface area contributed by atoms with Crippen LogP contribution >= 0.6 is 0 Å². The summed E-state index contributed by atoms with van der Waals surface area (Å²) in [7, 11) is 1.56. The monoisotopic (exact) mass is 1650 g/mol. The van der Waals surface area contributed by atoms with Crippen molar-refractivity contribution in [1.82, 2.24) is 42.5 Å². The highest BCUT2D eigenvalue weighted by Crippen LogP contribution is 2.08. The van der Waals surface area contributed by atoms with Crippen molar-refractivity contribution >= 4 is 47.3 Å². The van der Waals surface area contributed by atoms with Gasteiger partial charge >= 0.3 is 0 Å². The minimum absolute atomic E-state index is 0. The number of methoxy groups -OCH3 is 1. The van der Waals surface area contributed by atoms with Crippen molar-refractivity contribution in [3.05, 3.63) is 0 Å². The van der Waals surface area contributed by atoms with Gasteiger partial charge in [0.15, 0.2) is 0 Å². The summed E-state index contributed by atoms with van der Waals surface area (Å²) in [6, 6.07) is 0. The number of nitrogens with one attached hydrogen (secondary N) is 8. The third-order valence-corrected chi connectivity index (χ3v) is 13.0. The van der Waals surface area contributed by atoms with E-state index >= 15 is 0 Å². The van der Waals surface area contributed by atoms with Crippen molar-refractivity contribution in [2.24, 2.45) is 5.92 Å². The first-order valence-electron chi connectivity index (χ1n) is 35.9. The lowest BCUT2D eigenvalue weighted by molar-refractivity contribution is -0.127. The molecular formula is C76H164N8O29. The molecule has 37 heteroatoms. The second kappa shape index (κ2) is 99.3. The van der Waals surface area contributed by atoms with Crippen LogP contribution in [0.1, 0.15) is 122 Å². The van der Waals surface area contributed by atoms with E-state index < -0.39 is 18.3 Å². The molecule has 0 rings (SSSR count). The Morgan fingerprint density at radius 3 is 0.460 bits per heavy atom. The predicted molar refractivity (Wildman–Crippen MR) is 435 cm³/mol. The lowest BCUT2D eigenvalue weighted by Gasteiger charge is -2.24. The molecule has 0 saturated carbocycles. The molecule has 0 aromatic rings. The molecule has 8 amide bonds. The zero-order valence-electron chi connectivity index (χ0n) is 64.4. The van der Waals surface area contributed by atoms with E-state index in [1.165, 1.54) is 55.4 Å². The molecule has 8 N–H and O–H groups in total. The van der Waals surface area contributed by atoms with E-state index in [0.717, 1.165) is 0 Å². The SMILES string of the molecule is C.C.C.C.C.C.C.C.CC(=O)NCCOCCOCC(COCCOCCNC(C)=O)OCC(C)COC(COCCOCCNC(C)=O)COCCOCCNC(C)=O.COC(COC(COCCOCCNC(C)=O)COCCOCCNC(C)=O)COC(COCCOCCNC(C)=O)COCCOCCNC(C)=O. The second-order valence-electron chi connectivity index (χ2n) is 23.1. The van der Waals surface area contributed by atoms with E-state index in [2.05, 4.69) is 42.5 Å². The molecule has 0 aliphatic heterocycles. The smallest absolute Gasteiger partial charge is 0.216 e. The van der Waals surface area contributed by atoms with Gasteiger partial charge in [0.05, 0.1) is 238 Å². The summed E-state index contributed by atoms with van der Waals surface area (Å²) in [4.78, 5) is 87.7. The van der Waals surface area contributed by atoms with Gasteiger partial charge in [-0.2, -0.15) is 0 Å². The van der Waals surface area contributed by atoms with Gasteiger partial charge in [-0.25, -0.2) is 0 Å². The predicted octanol–water partition coefficient (Wildman–Crippen LogP) is 2.61. The average molecular weight is 1650 g/mol. The zero-order chi connectivity index (χ0) is 77.7. The zero-order valence-corrected chi connectivity index (χ0v) is 64.4. The number of carbonyl (C=O) groups excluding carboxylic acids is 8. The Morgan fingerprint density at radius 1 is 0.195 bits per heavy atom. The topological polar surface area (TPSA) is 427 Å². The number of hydrogen-bond acceptors (Lipinski definition) is 29. The molecule has 0 bridgehead atoms. The summed E-state index contributed by atoms with van der Waals surface area (Å²) in [6.07, 6.45) is -1.97. The number of rotatable bonds is 77. The molecular weight excluding hydrogens is 1490 g/mol. The molecule has 0 aromatic heterocycles. The van der Waals surface area contributed by atoms with E-state index in [9.17, 15) is 38.4 Å². The maximum atomic E-state index is 11.0.